The predicted molar refractivity (Wildman–Crippen MR) is 96.0 cm³/mol. The quantitative estimate of drug-likeness (QED) is 0.550. The standard InChI is InChI=1S/C15H23N3O5S.ClH/c1-22-13-4-3-12(7-14(13)23-2)24(20,21)18-6-5-15(19)17-10-11-8-16-9-11;/h3-4,7,11,16,18H,5-6,8-10H2,1-2H3,(H,17,19);1H. The van der Waals surface area contributed by atoms with Gasteiger partial charge in [-0.3, -0.25) is 4.79 Å². The van der Waals surface area contributed by atoms with Crippen LogP contribution in [0, 0.1) is 5.92 Å². The van der Waals surface area contributed by atoms with Gasteiger partial charge in [-0.2, -0.15) is 0 Å². The third-order valence-electron chi connectivity index (χ3n) is 3.76. The van der Waals surface area contributed by atoms with Crippen LogP contribution < -0.4 is 24.8 Å². The summed E-state index contributed by atoms with van der Waals surface area (Å²) in [6.07, 6.45) is 0.0899. The van der Waals surface area contributed by atoms with Crippen molar-refractivity contribution < 1.29 is 22.7 Å². The first-order valence-electron chi connectivity index (χ1n) is 7.65. The van der Waals surface area contributed by atoms with Crippen LogP contribution in [-0.4, -0.2) is 54.7 Å². The number of methoxy groups -OCH3 is 2. The van der Waals surface area contributed by atoms with Gasteiger partial charge >= 0.3 is 0 Å². The Balaban J connectivity index is 0.00000312. The van der Waals surface area contributed by atoms with Crippen molar-refractivity contribution in [1.29, 1.82) is 0 Å². The van der Waals surface area contributed by atoms with Crippen LogP contribution >= 0.6 is 12.4 Å². The zero-order valence-electron chi connectivity index (χ0n) is 14.2. The monoisotopic (exact) mass is 393 g/mol. The van der Waals surface area contributed by atoms with E-state index in [1.54, 1.807) is 0 Å². The van der Waals surface area contributed by atoms with Gasteiger partial charge in [0.05, 0.1) is 19.1 Å². The highest BCUT2D eigenvalue weighted by Gasteiger charge is 2.19. The molecule has 1 aromatic carbocycles. The Hall–Kier alpha value is -1.55. The fourth-order valence-corrected chi connectivity index (χ4v) is 3.25. The number of hydrogen-bond acceptors (Lipinski definition) is 6. The molecule has 1 aromatic rings. The molecule has 1 saturated heterocycles. The van der Waals surface area contributed by atoms with Crippen molar-refractivity contribution in [1.82, 2.24) is 15.4 Å². The highest BCUT2D eigenvalue weighted by molar-refractivity contribution is 7.89. The molecule has 1 heterocycles. The number of ether oxygens (including phenoxy) is 2. The van der Waals surface area contributed by atoms with Gasteiger partial charge in [-0.05, 0) is 12.1 Å². The van der Waals surface area contributed by atoms with Crippen LogP contribution in [0.4, 0.5) is 0 Å². The molecule has 1 fully saturated rings. The summed E-state index contributed by atoms with van der Waals surface area (Å²) in [5.74, 6) is 1.07. The van der Waals surface area contributed by atoms with Gasteiger partial charge in [0, 0.05) is 44.6 Å². The predicted octanol–water partition coefficient (Wildman–Crippen LogP) is 0.130. The van der Waals surface area contributed by atoms with Gasteiger partial charge in [0.25, 0.3) is 0 Å². The number of carbonyl (C=O) groups is 1. The second-order valence-corrected chi connectivity index (χ2v) is 7.26. The topological polar surface area (TPSA) is 106 Å². The highest BCUT2D eigenvalue weighted by Crippen LogP contribution is 2.29. The molecule has 0 radical (unpaired) electrons. The van der Waals surface area contributed by atoms with E-state index in [-0.39, 0.29) is 36.2 Å². The number of halogens is 1. The van der Waals surface area contributed by atoms with Crippen molar-refractivity contribution in [3.05, 3.63) is 18.2 Å². The minimum Gasteiger partial charge on any atom is -0.493 e. The Morgan fingerprint density at radius 3 is 2.48 bits per heavy atom. The molecule has 1 amide bonds. The lowest BCUT2D eigenvalue weighted by Crippen LogP contribution is -2.48. The number of benzene rings is 1. The van der Waals surface area contributed by atoms with E-state index in [9.17, 15) is 13.2 Å². The van der Waals surface area contributed by atoms with E-state index < -0.39 is 10.0 Å². The molecule has 0 aromatic heterocycles. The first kappa shape index (κ1) is 21.5. The second-order valence-electron chi connectivity index (χ2n) is 5.49. The smallest absolute Gasteiger partial charge is 0.240 e. The molecule has 25 heavy (non-hydrogen) atoms. The lowest BCUT2D eigenvalue weighted by atomic mass is 10.0. The van der Waals surface area contributed by atoms with Crippen molar-refractivity contribution in [2.24, 2.45) is 5.92 Å². The molecule has 0 unspecified atom stereocenters. The normalized spacial score (nSPS) is 14.2. The Morgan fingerprint density at radius 1 is 1.24 bits per heavy atom. The molecule has 1 aliphatic heterocycles. The zero-order chi connectivity index (χ0) is 17.6. The van der Waals surface area contributed by atoms with Crippen LogP contribution in [-0.2, 0) is 14.8 Å². The van der Waals surface area contributed by atoms with Gasteiger partial charge in [-0.1, -0.05) is 0 Å². The molecule has 0 bridgehead atoms. The lowest BCUT2D eigenvalue weighted by molar-refractivity contribution is -0.121. The van der Waals surface area contributed by atoms with Crippen molar-refractivity contribution >= 4 is 28.3 Å². The van der Waals surface area contributed by atoms with Gasteiger partial charge in [-0.25, -0.2) is 13.1 Å². The number of rotatable bonds is 9. The summed E-state index contributed by atoms with van der Waals surface area (Å²) in [6, 6.07) is 4.32. The van der Waals surface area contributed by atoms with Gasteiger partial charge in [-0.15, -0.1) is 12.4 Å². The Kier molecular flexibility index (Phi) is 8.43. The Bertz CT molecular complexity index is 680. The number of sulfonamides is 1. The Morgan fingerprint density at radius 2 is 1.92 bits per heavy atom. The largest absolute Gasteiger partial charge is 0.493 e. The molecule has 0 atom stereocenters. The summed E-state index contributed by atoms with van der Waals surface area (Å²) < 4.78 is 37.1. The van der Waals surface area contributed by atoms with Crippen LogP contribution in [0.3, 0.4) is 0 Å². The van der Waals surface area contributed by atoms with Gasteiger partial charge in [0.1, 0.15) is 0 Å². The summed E-state index contributed by atoms with van der Waals surface area (Å²) in [5.41, 5.74) is 0. The van der Waals surface area contributed by atoms with Crippen molar-refractivity contribution in [3.63, 3.8) is 0 Å². The maximum Gasteiger partial charge on any atom is 0.240 e. The van der Waals surface area contributed by atoms with E-state index in [1.165, 1.54) is 32.4 Å². The number of carbonyl (C=O) groups excluding carboxylic acids is 1. The van der Waals surface area contributed by atoms with E-state index >= 15 is 0 Å². The van der Waals surface area contributed by atoms with E-state index in [1.807, 2.05) is 0 Å². The van der Waals surface area contributed by atoms with Crippen LogP contribution in [0.25, 0.3) is 0 Å². The molecule has 1 aliphatic rings. The number of nitrogens with one attached hydrogen (secondary N) is 3. The van der Waals surface area contributed by atoms with E-state index in [4.69, 9.17) is 9.47 Å². The molecule has 142 valence electrons. The van der Waals surface area contributed by atoms with Crippen LogP contribution in [0.15, 0.2) is 23.1 Å². The van der Waals surface area contributed by atoms with Crippen LogP contribution in [0.1, 0.15) is 6.42 Å². The van der Waals surface area contributed by atoms with Crippen LogP contribution in [0.2, 0.25) is 0 Å². The average molecular weight is 394 g/mol. The number of hydrogen-bond donors (Lipinski definition) is 3. The third-order valence-corrected chi connectivity index (χ3v) is 5.22. The van der Waals surface area contributed by atoms with Gasteiger partial charge in [0.15, 0.2) is 11.5 Å². The molecule has 8 nitrogen and oxygen atoms in total. The summed E-state index contributed by atoms with van der Waals surface area (Å²) >= 11 is 0. The van der Waals surface area contributed by atoms with E-state index in [0.717, 1.165) is 13.1 Å². The summed E-state index contributed by atoms with van der Waals surface area (Å²) in [5, 5.41) is 5.92. The lowest BCUT2D eigenvalue weighted by Gasteiger charge is -2.27. The SMILES string of the molecule is COc1ccc(S(=O)(=O)NCCC(=O)NCC2CNC2)cc1OC.Cl. The van der Waals surface area contributed by atoms with E-state index in [2.05, 4.69) is 15.4 Å². The third kappa shape index (κ3) is 6.03. The molecule has 0 saturated carbocycles. The van der Waals surface area contributed by atoms with Crippen molar-refractivity contribution in [2.75, 3.05) is 40.4 Å². The zero-order valence-corrected chi connectivity index (χ0v) is 15.8. The maximum absolute atomic E-state index is 12.3. The maximum atomic E-state index is 12.3. The molecule has 3 N–H and O–H groups in total. The summed E-state index contributed by atoms with van der Waals surface area (Å²) in [7, 11) is -0.805. The Labute approximate surface area is 154 Å². The van der Waals surface area contributed by atoms with Crippen LogP contribution in [0.5, 0.6) is 11.5 Å². The van der Waals surface area contributed by atoms with Gasteiger partial charge in [0.2, 0.25) is 15.9 Å². The summed E-state index contributed by atoms with van der Waals surface area (Å²) in [4.78, 5) is 11.7. The van der Waals surface area contributed by atoms with Crippen molar-refractivity contribution in [3.8, 4) is 11.5 Å². The first-order valence-corrected chi connectivity index (χ1v) is 9.13. The highest BCUT2D eigenvalue weighted by atomic mass is 35.5. The second kappa shape index (κ2) is 9.81. The van der Waals surface area contributed by atoms with Gasteiger partial charge < -0.3 is 20.1 Å². The number of amides is 1. The molecule has 0 spiro atoms. The molecular weight excluding hydrogens is 370 g/mol. The molecule has 0 aliphatic carbocycles. The van der Waals surface area contributed by atoms with Crippen molar-refractivity contribution in [2.45, 2.75) is 11.3 Å². The fourth-order valence-electron chi connectivity index (χ4n) is 2.21. The average Bonchev–Trinajstić information content (AvgIpc) is 2.52. The molecular formula is C15H24ClN3O5S. The first-order chi connectivity index (χ1) is 11.5. The molecule has 2 rings (SSSR count). The molecule has 10 heteroatoms. The fraction of sp³-hybridized carbons (Fsp3) is 0.533. The minimum absolute atomic E-state index is 0. The van der Waals surface area contributed by atoms with E-state index in [0.29, 0.717) is 24.0 Å². The summed E-state index contributed by atoms with van der Waals surface area (Å²) in [6.45, 7) is 2.47. The minimum atomic E-state index is -3.71.